The number of amides is 3. The molecule has 0 radical (unpaired) electrons. The van der Waals surface area contributed by atoms with Crippen LogP contribution in [0.5, 0.6) is 0 Å². The van der Waals surface area contributed by atoms with Crippen LogP contribution in [-0.2, 0) is 19.1 Å². The van der Waals surface area contributed by atoms with E-state index in [4.69, 9.17) is 5.73 Å². The average molecular weight is 249 g/mol. The molecule has 0 saturated carbocycles. The van der Waals surface area contributed by atoms with Crippen molar-refractivity contribution in [2.24, 2.45) is 11.5 Å². The van der Waals surface area contributed by atoms with E-state index >= 15 is 0 Å². The summed E-state index contributed by atoms with van der Waals surface area (Å²) in [5.74, 6) is -2.90. The van der Waals surface area contributed by atoms with Crippen LogP contribution in [0, 0.1) is 0 Å². The maximum atomic E-state index is 11.2. The topological polar surface area (TPSA) is 133 Å². The van der Waals surface area contributed by atoms with E-state index in [9.17, 15) is 19.2 Å². The molecule has 9 heteroatoms. The molecule has 0 fully saturated rings. The van der Waals surface area contributed by atoms with Gasteiger partial charge in [-0.1, -0.05) is 0 Å². The second-order valence-corrected chi connectivity index (χ2v) is 2.85. The van der Waals surface area contributed by atoms with E-state index in [2.05, 4.69) is 23.1 Å². The second kappa shape index (κ2) is 6.80. The van der Waals surface area contributed by atoms with E-state index < -0.39 is 37.0 Å². The Labute approximate surface area is 96.3 Å². The van der Waals surface area contributed by atoms with Crippen molar-refractivity contribution in [1.29, 1.82) is 0 Å². The first-order chi connectivity index (χ1) is 7.42. The van der Waals surface area contributed by atoms with Gasteiger partial charge in [-0.25, -0.2) is 9.59 Å². The van der Waals surface area contributed by atoms with Gasteiger partial charge in [0.15, 0.2) is 0 Å². The van der Waals surface area contributed by atoms with Crippen LogP contribution in [0.3, 0.4) is 0 Å². The van der Waals surface area contributed by atoms with Crippen molar-refractivity contribution in [2.75, 3.05) is 18.8 Å². The van der Waals surface area contributed by atoms with Gasteiger partial charge in [0.1, 0.15) is 6.54 Å². The maximum Gasteiger partial charge on any atom is 0.412 e. The first kappa shape index (κ1) is 14.4. The van der Waals surface area contributed by atoms with Crippen molar-refractivity contribution < 1.29 is 23.9 Å². The number of esters is 1. The number of primary amides is 1. The maximum absolute atomic E-state index is 11.2. The number of nitrogens with two attached hydrogens (primary N) is 2. The Bertz CT molecular complexity index is 303. The number of ether oxygens (including phenoxy) is 1. The number of hydrogen-bond donors (Lipinski definition) is 3. The van der Waals surface area contributed by atoms with Gasteiger partial charge in [-0.2, -0.15) is 12.6 Å². The largest absolute Gasteiger partial charge is 0.412 e. The Balaban J connectivity index is 4.55. The summed E-state index contributed by atoms with van der Waals surface area (Å²) < 4.78 is 3.96. The number of carbonyl (C=O) groups is 4. The van der Waals surface area contributed by atoms with Crippen LogP contribution in [-0.4, -0.2) is 47.6 Å². The van der Waals surface area contributed by atoms with E-state index in [1.807, 2.05) is 0 Å². The molecule has 8 nitrogen and oxygen atoms in total. The summed E-state index contributed by atoms with van der Waals surface area (Å²) >= 11 is 3.65. The molecular formula is C7H11N3O5S. The fourth-order valence-corrected chi connectivity index (χ4v) is 0.955. The summed E-state index contributed by atoms with van der Waals surface area (Å²) in [6, 6.07) is 0. The highest BCUT2D eigenvalue weighted by atomic mass is 32.1. The molecular weight excluding hydrogens is 238 g/mol. The van der Waals surface area contributed by atoms with E-state index in [1.54, 1.807) is 0 Å². The molecule has 90 valence electrons. The van der Waals surface area contributed by atoms with Crippen LogP contribution in [0.4, 0.5) is 4.79 Å². The molecule has 0 unspecified atom stereocenters. The predicted molar refractivity (Wildman–Crippen MR) is 55.3 cm³/mol. The molecule has 0 aliphatic heterocycles. The number of rotatable bonds is 4. The third-order valence-corrected chi connectivity index (χ3v) is 1.68. The highest BCUT2D eigenvalue weighted by Gasteiger charge is 2.23. The van der Waals surface area contributed by atoms with Crippen molar-refractivity contribution in [1.82, 2.24) is 4.90 Å². The van der Waals surface area contributed by atoms with Gasteiger partial charge >= 0.3 is 12.1 Å². The molecule has 0 aromatic heterocycles. The summed E-state index contributed by atoms with van der Waals surface area (Å²) in [5, 5.41) is 0. The molecule has 0 spiro atoms. The zero-order valence-electron chi connectivity index (χ0n) is 8.21. The number of nitrogens with zero attached hydrogens (tertiary/aromatic N) is 1. The molecule has 0 aliphatic rings. The van der Waals surface area contributed by atoms with Gasteiger partial charge in [0.2, 0.25) is 11.8 Å². The van der Waals surface area contributed by atoms with Crippen LogP contribution in [0.2, 0.25) is 0 Å². The van der Waals surface area contributed by atoms with E-state index in [0.717, 1.165) is 0 Å². The van der Waals surface area contributed by atoms with Gasteiger partial charge in [0.05, 0.1) is 12.3 Å². The third kappa shape index (κ3) is 4.75. The summed E-state index contributed by atoms with van der Waals surface area (Å²) in [4.78, 5) is 44.1. The SMILES string of the molecule is NCC(=O)N(CC(=O)OC(N)=O)C(=O)CS. The highest BCUT2D eigenvalue weighted by molar-refractivity contribution is 7.81. The van der Waals surface area contributed by atoms with Crippen LogP contribution >= 0.6 is 12.6 Å². The van der Waals surface area contributed by atoms with E-state index in [1.165, 1.54) is 0 Å². The second-order valence-electron chi connectivity index (χ2n) is 2.53. The average Bonchev–Trinajstić information content (AvgIpc) is 2.22. The van der Waals surface area contributed by atoms with Gasteiger partial charge in [-0.3, -0.25) is 14.5 Å². The lowest BCUT2D eigenvalue weighted by molar-refractivity contribution is -0.150. The number of carbonyl (C=O) groups excluding carboxylic acids is 4. The van der Waals surface area contributed by atoms with Crippen LogP contribution in [0.1, 0.15) is 0 Å². The lowest BCUT2D eigenvalue weighted by Gasteiger charge is -2.17. The minimum Gasteiger partial charge on any atom is -0.375 e. The first-order valence-corrected chi connectivity index (χ1v) is 4.69. The minimum absolute atomic E-state index is 0.282. The normalized spacial score (nSPS) is 9.38. The van der Waals surface area contributed by atoms with Crippen molar-refractivity contribution in [3.05, 3.63) is 0 Å². The zero-order valence-corrected chi connectivity index (χ0v) is 9.11. The van der Waals surface area contributed by atoms with Gasteiger partial charge in [0.25, 0.3) is 0 Å². The molecule has 4 N–H and O–H groups in total. The Morgan fingerprint density at radius 1 is 1.19 bits per heavy atom. The smallest absolute Gasteiger partial charge is 0.375 e. The lowest BCUT2D eigenvalue weighted by Crippen LogP contribution is -2.45. The van der Waals surface area contributed by atoms with Gasteiger partial charge in [0, 0.05) is 0 Å². The molecule has 0 atom stereocenters. The van der Waals surface area contributed by atoms with Crippen LogP contribution in [0.25, 0.3) is 0 Å². The Morgan fingerprint density at radius 3 is 2.12 bits per heavy atom. The predicted octanol–water partition coefficient (Wildman–Crippen LogP) is -2.15. The monoisotopic (exact) mass is 249 g/mol. The summed E-state index contributed by atoms with van der Waals surface area (Å²) in [6.07, 6.45) is -1.32. The number of thiol groups is 1. The standard InChI is InChI=1S/C7H11N3O5S/c8-1-4(11)10(5(12)3-16)2-6(13)15-7(9)14/h16H,1-3,8H2,(H2,9,14). The van der Waals surface area contributed by atoms with Gasteiger partial charge in [-0.05, 0) is 0 Å². The molecule has 0 aromatic carbocycles. The fraction of sp³-hybridized carbons (Fsp3) is 0.429. The molecule has 0 heterocycles. The molecule has 0 saturated heterocycles. The summed E-state index contributed by atoms with van der Waals surface area (Å²) in [6.45, 7) is -1.18. The molecule has 16 heavy (non-hydrogen) atoms. The van der Waals surface area contributed by atoms with Gasteiger partial charge in [-0.15, -0.1) is 0 Å². The van der Waals surface area contributed by atoms with Crippen LogP contribution in [0.15, 0.2) is 0 Å². The van der Waals surface area contributed by atoms with Gasteiger partial charge < -0.3 is 16.2 Å². The number of hydrogen-bond acceptors (Lipinski definition) is 7. The third-order valence-electron chi connectivity index (χ3n) is 1.41. The molecule has 0 aromatic rings. The first-order valence-electron chi connectivity index (χ1n) is 4.06. The Morgan fingerprint density at radius 2 is 1.75 bits per heavy atom. The quantitative estimate of drug-likeness (QED) is 0.295. The molecule has 0 rings (SSSR count). The van der Waals surface area contributed by atoms with Crippen molar-refractivity contribution in [3.8, 4) is 0 Å². The van der Waals surface area contributed by atoms with Crippen molar-refractivity contribution >= 4 is 36.5 Å². The Kier molecular flexibility index (Phi) is 6.11. The lowest BCUT2D eigenvalue weighted by atomic mass is 10.4. The van der Waals surface area contributed by atoms with Crippen molar-refractivity contribution in [2.45, 2.75) is 0 Å². The highest BCUT2D eigenvalue weighted by Crippen LogP contribution is 1.95. The molecule has 0 aliphatic carbocycles. The van der Waals surface area contributed by atoms with E-state index in [0.29, 0.717) is 4.90 Å². The molecule has 3 amide bonds. The minimum atomic E-state index is -1.32. The summed E-state index contributed by atoms with van der Waals surface area (Å²) in [5.41, 5.74) is 9.61. The fourth-order valence-electron chi connectivity index (χ4n) is 0.785. The summed E-state index contributed by atoms with van der Waals surface area (Å²) in [7, 11) is 0. The number of imide groups is 1. The van der Waals surface area contributed by atoms with Crippen molar-refractivity contribution in [3.63, 3.8) is 0 Å². The Hall–Kier alpha value is -1.61. The zero-order chi connectivity index (χ0) is 12.7. The van der Waals surface area contributed by atoms with E-state index in [-0.39, 0.29) is 5.75 Å². The van der Waals surface area contributed by atoms with Crippen LogP contribution < -0.4 is 11.5 Å². The molecule has 0 bridgehead atoms.